The molecule has 0 spiro atoms. The maximum absolute atomic E-state index is 4.77. The van der Waals surface area contributed by atoms with Gasteiger partial charge in [0.15, 0.2) is 0 Å². The van der Waals surface area contributed by atoms with Crippen LogP contribution >= 0.6 is 11.3 Å². The highest BCUT2D eigenvalue weighted by Crippen LogP contribution is 2.40. The third kappa shape index (κ3) is 3.72. The third-order valence-electron chi connectivity index (χ3n) is 6.30. The lowest BCUT2D eigenvalue weighted by Crippen LogP contribution is -2.35. The van der Waals surface area contributed by atoms with Gasteiger partial charge < -0.3 is 4.90 Å². The highest BCUT2D eigenvalue weighted by Gasteiger charge is 2.24. The Hall–Kier alpha value is -2.72. The molecule has 3 nitrogen and oxygen atoms in total. The van der Waals surface area contributed by atoms with Crippen molar-refractivity contribution in [1.29, 1.82) is 0 Å². The van der Waals surface area contributed by atoms with Crippen LogP contribution in [0.25, 0.3) is 21.3 Å². The van der Waals surface area contributed by atoms with Crippen LogP contribution in [0.15, 0.2) is 60.2 Å². The van der Waals surface area contributed by atoms with E-state index in [4.69, 9.17) is 4.98 Å². The number of benzene rings is 2. The molecular weight excluding hydrogens is 386 g/mol. The monoisotopic (exact) mass is 413 g/mol. The predicted octanol–water partition coefficient (Wildman–Crippen LogP) is 6.43. The maximum atomic E-state index is 4.77. The van der Waals surface area contributed by atoms with E-state index in [9.17, 15) is 0 Å². The van der Waals surface area contributed by atoms with Crippen molar-refractivity contribution in [3.63, 3.8) is 0 Å². The summed E-state index contributed by atoms with van der Waals surface area (Å²) >= 11 is 1.72. The van der Waals surface area contributed by atoms with Crippen LogP contribution in [0.2, 0.25) is 0 Å². The van der Waals surface area contributed by atoms with Crippen molar-refractivity contribution in [2.45, 2.75) is 33.1 Å². The van der Waals surface area contributed by atoms with Gasteiger partial charge in [0, 0.05) is 24.0 Å². The lowest BCUT2D eigenvalue weighted by molar-refractivity contribution is 0.403. The van der Waals surface area contributed by atoms with Crippen LogP contribution in [0.3, 0.4) is 0 Å². The molecule has 1 fully saturated rings. The van der Waals surface area contributed by atoms with Gasteiger partial charge >= 0.3 is 0 Å². The molecule has 0 N–H and O–H groups in total. The summed E-state index contributed by atoms with van der Waals surface area (Å²) in [4.78, 5) is 12.9. The Morgan fingerprint density at radius 3 is 2.53 bits per heavy atom. The van der Waals surface area contributed by atoms with E-state index in [-0.39, 0.29) is 0 Å². The van der Waals surface area contributed by atoms with Crippen LogP contribution < -0.4 is 4.90 Å². The summed E-state index contributed by atoms with van der Waals surface area (Å²) in [6, 6.07) is 17.6. The molecule has 0 amide bonds. The predicted molar refractivity (Wildman–Crippen MR) is 127 cm³/mol. The Morgan fingerprint density at radius 1 is 0.967 bits per heavy atom. The summed E-state index contributed by atoms with van der Waals surface area (Å²) < 4.78 is 0. The maximum Gasteiger partial charge on any atom is 0.141 e. The molecule has 4 heteroatoms. The number of aromatic nitrogens is 2. The number of piperidine rings is 1. The smallest absolute Gasteiger partial charge is 0.141 e. The Bertz CT molecular complexity index is 1160. The minimum Gasteiger partial charge on any atom is -0.356 e. The van der Waals surface area contributed by atoms with Crippen LogP contribution in [0.4, 0.5) is 5.82 Å². The van der Waals surface area contributed by atoms with Gasteiger partial charge in [-0.15, -0.1) is 11.3 Å². The molecule has 1 saturated heterocycles. The molecule has 0 saturated carbocycles. The van der Waals surface area contributed by atoms with E-state index in [1.165, 1.54) is 52.5 Å². The van der Waals surface area contributed by atoms with Crippen molar-refractivity contribution >= 4 is 27.4 Å². The number of anilines is 1. The topological polar surface area (TPSA) is 29.0 Å². The first-order valence-corrected chi connectivity index (χ1v) is 11.7. The first-order chi connectivity index (χ1) is 14.7. The van der Waals surface area contributed by atoms with Gasteiger partial charge in [0.1, 0.15) is 17.0 Å². The number of nitrogens with zero attached hydrogens (tertiary/aromatic N) is 3. The lowest BCUT2D eigenvalue weighted by atomic mass is 9.90. The molecule has 0 unspecified atom stereocenters. The third-order valence-corrected chi connectivity index (χ3v) is 7.19. The molecule has 0 atom stereocenters. The zero-order chi connectivity index (χ0) is 20.5. The van der Waals surface area contributed by atoms with E-state index in [1.807, 2.05) is 0 Å². The Kier molecular flexibility index (Phi) is 5.26. The number of hydrogen-bond donors (Lipinski definition) is 0. The first kappa shape index (κ1) is 19.3. The van der Waals surface area contributed by atoms with Gasteiger partial charge in [0.05, 0.1) is 5.39 Å². The first-order valence-electron chi connectivity index (χ1n) is 10.8. The van der Waals surface area contributed by atoms with Gasteiger partial charge in [-0.3, -0.25) is 0 Å². The van der Waals surface area contributed by atoms with Gasteiger partial charge in [-0.2, -0.15) is 0 Å². The molecule has 0 bridgehead atoms. The molecule has 30 heavy (non-hydrogen) atoms. The second-order valence-corrected chi connectivity index (χ2v) is 9.32. The van der Waals surface area contributed by atoms with Crippen LogP contribution in [0.1, 0.15) is 29.5 Å². The van der Waals surface area contributed by atoms with E-state index in [2.05, 4.69) is 77.6 Å². The van der Waals surface area contributed by atoms with Gasteiger partial charge in [0.2, 0.25) is 0 Å². The Balaban J connectivity index is 1.42. The van der Waals surface area contributed by atoms with Crippen molar-refractivity contribution in [3.8, 4) is 11.1 Å². The van der Waals surface area contributed by atoms with Crippen LogP contribution in [-0.4, -0.2) is 23.1 Å². The van der Waals surface area contributed by atoms with E-state index in [0.29, 0.717) is 0 Å². The highest BCUT2D eigenvalue weighted by molar-refractivity contribution is 7.17. The van der Waals surface area contributed by atoms with Crippen molar-refractivity contribution in [3.05, 3.63) is 76.9 Å². The zero-order valence-corrected chi connectivity index (χ0v) is 18.5. The minimum absolute atomic E-state index is 0.752. The fourth-order valence-electron chi connectivity index (χ4n) is 4.71. The summed E-state index contributed by atoms with van der Waals surface area (Å²) in [5.41, 5.74) is 6.63. The van der Waals surface area contributed by atoms with Gasteiger partial charge in [-0.1, -0.05) is 54.1 Å². The molecule has 4 aromatic rings. The molecule has 5 rings (SSSR count). The Morgan fingerprint density at radius 2 is 1.77 bits per heavy atom. The van der Waals surface area contributed by atoms with Gasteiger partial charge in [-0.05, 0) is 55.7 Å². The molecule has 2 aromatic carbocycles. The van der Waals surface area contributed by atoms with Crippen LogP contribution in [0.5, 0.6) is 0 Å². The summed E-state index contributed by atoms with van der Waals surface area (Å²) in [5, 5.41) is 3.47. The fourth-order valence-corrected chi connectivity index (χ4v) is 5.61. The molecule has 0 radical (unpaired) electrons. The van der Waals surface area contributed by atoms with E-state index in [1.54, 1.807) is 17.7 Å². The van der Waals surface area contributed by atoms with Crippen molar-refractivity contribution in [2.24, 2.45) is 5.92 Å². The SMILES string of the molecule is Cc1ccc(-c2csc3ncnc(N4CCC(Cc5ccccc5)CC4)c23)c(C)c1. The summed E-state index contributed by atoms with van der Waals surface area (Å²) in [7, 11) is 0. The molecule has 1 aliphatic rings. The Labute approximate surface area is 182 Å². The molecule has 3 heterocycles. The lowest BCUT2D eigenvalue weighted by Gasteiger charge is -2.33. The second kappa shape index (κ2) is 8.19. The standard InChI is InChI=1S/C26H27N3S/c1-18-8-9-22(19(2)14-18)23-16-30-26-24(23)25(27-17-28-26)29-12-10-21(11-13-29)15-20-6-4-3-5-7-20/h3-9,14,16-17,21H,10-13,15H2,1-2H3. The second-order valence-electron chi connectivity index (χ2n) is 8.47. The average molecular weight is 414 g/mol. The number of aryl methyl sites for hydroxylation is 2. The van der Waals surface area contributed by atoms with E-state index in [0.717, 1.165) is 29.7 Å². The van der Waals surface area contributed by atoms with E-state index >= 15 is 0 Å². The highest BCUT2D eigenvalue weighted by atomic mass is 32.1. The molecule has 1 aliphatic heterocycles. The van der Waals surface area contributed by atoms with Crippen molar-refractivity contribution < 1.29 is 0 Å². The molecule has 0 aliphatic carbocycles. The van der Waals surface area contributed by atoms with E-state index < -0.39 is 0 Å². The number of rotatable bonds is 4. The van der Waals surface area contributed by atoms with Gasteiger partial charge in [0.25, 0.3) is 0 Å². The quantitative estimate of drug-likeness (QED) is 0.386. The zero-order valence-electron chi connectivity index (χ0n) is 17.6. The minimum atomic E-state index is 0.752. The number of hydrogen-bond acceptors (Lipinski definition) is 4. The molecular formula is C26H27N3S. The summed E-state index contributed by atoms with van der Waals surface area (Å²) in [6.45, 7) is 6.47. The van der Waals surface area contributed by atoms with Gasteiger partial charge in [-0.25, -0.2) is 9.97 Å². The number of thiophene rings is 1. The normalized spacial score (nSPS) is 15.1. The molecule has 152 valence electrons. The van der Waals surface area contributed by atoms with Crippen molar-refractivity contribution in [2.75, 3.05) is 18.0 Å². The van der Waals surface area contributed by atoms with Crippen LogP contribution in [-0.2, 0) is 6.42 Å². The summed E-state index contributed by atoms with van der Waals surface area (Å²) in [5.74, 6) is 1.86. The summed E-state index contributed by atoms with van der Waals surface area (Å²) in [6.07, 6.45) is 5.34. The van der Waals surface area contributed by atoms with Crippen LogP contribution in [0, 0.1) is 19.8 Å². The fraction of sp³-hybridized carbons (Fsp3) is 0.308. The molecule has 2 aromatic heterocycles. The number of fused-ring (bicyclic) bond motifs is 1. The largest absolute Gasteiger partial charge is 0.356 e. The average Bonchev–Trinajstić information content (AvgIpc) is 3.19. The van der Waals surface area contributed by atoms with Crippen molar-refractivity contribution in [1.82, 2.24) is 9.97 Å².